The topological polar surface area (TPSA) is 62.7 Å². The minimum Gasteiger partial charge on any atom is -0.455 e. The summed E-state index contributed by atoms with van der Waals surface area (Å²) in [6, 6.07) is 61.5. The number of amidine groups is 1. The van der Waals surface area contributed by atoms with E-state index >= 15 is 0 Å². The van der Waals surface area contributed by atoms with E-state index in [9.17, 15) is 0 Å². The van der Waals surface area contributed by atoms with E-state index in [1.807, 2.05) is 18.2 Å². The number of furan rings is 2. The van der Waals surface area contributed by atoms with E-state index in [2.05, 4.69) is 168 Å². The maximum Gasteiger partial charge on any atom is 0.143 e. The van der Waals surface area contributed by atoms with Crippen molar-refractivity contribution in [3.8, 4) is 22.3 Å². The summed E-state index contributed by atoms with van der Waals surface area (Å²) < 4.78 is 13.2. The molecule has 0 saturated carbocycles. The summed E-state index contributed by atoms with van der Waals surface area (Å²) in [5.41, 5.74) is 11.0. The number of benzene rings is 8. The highest BCUT2D eigenvalue weighted by molar-refractivity contribution is 6.15. The maximum absolute atomic E-state index is 6.77. The first-order valence-corrected chi connectivity index (χ1v) is 18.3. The Morgan fingerprint density at radius 3 is 1.89 bits per heavy atom. The molecule has 0 fully saturated rings. The fourth-order valence-electron chi connectivity index (χ4n) is 8.16. The van der Waals surface area contributed by atoms with Gasteiger partial charge in [-0.2, -0.15) is 0 Å². The lowest BCUT2D eigenvalue weighted by atomic mass is 9.97. The van der Waals surface area contributed by atoms with E-state index in [1.54, 1.807) is 0 Å². The number of nitrogens with zero attached hydrogens (tertiary/aromatic N) is 1. The van der Waals surface area contributed by atoms with Gasteiger partial charge in [-0.05, 0) is 51.7 Å². The monoisotopic (exact) mass is 695 g/mol. The van der Waals surface area contributed by atoms with Gasteiger partial charge in [0.2, 0.25) is 0 Å². The first kappa shape index (κ1) is 30.7. The van der Waals surface area contributed by atoms with Crippen LogP contribution in [0, 0.1) is 0 Å². The molecule has 256 valence electrons. The molecule has 2 unspecified atom stereocenters. The minimum atomic E-state index is -0.352. The van der Waals surface area contributed by atoms with Crippen LogP contribution >= 0.6 is 0 Å². The third-order valence-electron chi connectivity index (χ3n) is 10.8. The second-order valence-corrected chi connectivity index (χ2v) is 14.0. The first-order valence-electron chi connectivity index (χ1n) is 18.3. The number of hydrogen-bond acceptors (Lipinski definition) is 5. The van der Waals surface area contributed by atoms with Crippen LogP contribution in [0.1, 0.15) is 29.0 Å². The predicted molar refractivity (Wildman–Crippen MR) is 221 cm³/mol. The van der Waals surface area contributed by atoms with E-state index < -0.39 is 0 Å². The Morgan fingerprint density at radius 2 is 1.07 bits per heavy atom. The summed E-state index contributed by atoms with van der Waals surface area (Å²) in [6.45, 7) is 0. The first-order chi connectivity index (χ1) is 26.7. The standard InChI is InChI=1S/C49H33N3O2/c1-3-12-30(13-4-1)32-24-25-34-29-35(27-26-33(34)28-32)48-50-47(31-14-5-2-6-15-31)51-49(52-48)41-21-11-23-43-44(41)40-20-10-19-39(46(40)54-43)38-18-9-17-37-36-16-7-8-22-42(36)53-45(37)38/h1-29,47,49,51H,(H,50,52). The van der Waals surface area contributed by atoms with Gasteiger partial charge in [-0.3, -0.25) is 5.32 Å². The van der Waals surface area contributed by atoms with Crippen molar-refractivity contribution < 1.29 is 8.83 Å². The van der Waals surface area contributed by atoms with Gasteiger partial charge in [0.05, 0.1) is 0 Å². The van der Waals surface area contributed by atoms with Crippen molar-refractivity contribution in [2.24, 2.45) is 4.99 Å². The van der Waals surface area contributed by atoms with Crippen LogP contribution in [0.4, 0.5) is 0 Å². The van der Waals surface area contributed by atoms with Gasteiger partial charge in [0, 0.05) is 43.8 Å². The van der Waals surface area contributed by atoms with E-state index in [4.69, 9.17) is 13.8 Å². The Hall–Kier alpha value is -6.95. The highest BCUT2D eigenvalue weighted by Crippen LogP contribution is 2.43. The molecule has 5 nitrogen and oxygen atoms in total. The van der Waals surface area contributed by atoms with Crippen molar-refractivity contribution in [2.75, 3.05) is 0 Å². The summed E-state index contributed by atoms with van der Waals surface area (Å²) in [5.74, 6) is 0.837. The highest BCUT2D eigenvalue weighted by atomic mass is 16.3. The molecule has 0 saturated heterocycles. The van der Waals surface area contributed by atoms with Crippen LogP contribution < -0.4 is 10.6 Å². The molecule has 1 aliphatic rings. The minimum absolute atomic E-state index is 0.172. The van der Waals surface area contributed by atoms with Crippen molar-refractivity contribution in [2.45, 2.75) is 12.3 Å². The van der Waals surface area contributed by atoms with Gasteiger partial charge in [-0.15, -0.1) is 0 Å². The highest BCUT2D eigenvalue weighted by Gasteiger charge is 2.28. The van der Waals surface area contributed by atoms with Crippen LogP contribution in [0.2, 0.25) is 0 Å². The quantitative estimate of drug-likeness (QED) is 0.188. The third-order valence-corrected chi connectivity index (χ3v) is 10.8. The number of rotatable bonds is 5. The number of para-hydroxylation sites is 3. The molecule has 2 atom stereocenters. The molecular weight excluding hydrogens is 663 g/mol. The van der Waals surface area contributed by atoms with Gasteiger partial charge in [-0.1, -0.05) is 152 Å². The van der Waals surface area contributed by atoms with Gasteiger partial charge in [-0.25, -0.2) is 4.99 Å². The lowest BCUT2D eigenvalue weighted by molar-refractivity contribution is 0.410. The SMILES string of the molecule is c1ccc(-c2ccc3cc(C4=NC(c5cccc6oc7c(-c8cccc9c8oc8ccccc89)cccc7c56)NC(c5ccccc5)N4)ccc3c2)cc1. The molecule has 54 heavy (non-hydrogen) atoms. The van der Waals surface area contributed by atoms with Crippen LogP contribution in [0.15, 0.2) is 190 Å². The van der Waals surface area contributed by atoms with Crippen molar-refractivity contribution in [3.63, 3.8) is 0 Å². The molecule has 0 aliphatic carbocycles. The molecule has 0 amide bonds. The van der Waals surface area contributed by atoms with Gasteiger partial charge in [0.1, 0.15) is 40.5 Å². The molecule has 5 heteroatoms. The lowest BCUT2D eigenvalue weighted by Crippen LogP contribution is -2.45. The Balaban J connectivity index is 1.05. The second kappa shape index (κ2) is 12.3. The van der Waals surface area contributed by atoms with Crippen LogP contribution in [0.25, 0.3) is 76.9 Å². The smallest absolute Gasteiger partial charge is 0.143 e. The van der Waals surface area contributed by atoms with Crippen molar-refractivity contribution in [1.82, 2.24) is 10.6 Å². The van der Waals surface area contributed by atoms with Gasteiger partial charge < -0.3 is 14.2 Å². The van der Waals surface area contributed by atoms with E-state index in [0.717, 1.165) is 82.9 Å². The predicted octanol–water partition coefficient (Wildman–Crippen LogP) is 12.3. The molecule has 0 radical (unpaired) electrons. The van der Waals surface area contributed by atoms with Crippen molar-refractivity contribution in [1.29, 1.82) is 0 Å². The van der Waals surface area contributed by atoms with E-state index in [0.29, 0.717) is 0 Å². The van der Waals surface area contributed by atoms with E-state index in [1.165, 1.54) is 16.5 Å². The average Bonchev–Trinajstić information content (AvgIpc) is 3.83. The summed E-state index contributed by atoms with van der Waals surface area (Å²) in [4.78, 5) is 5.39. The Morgan fingerprint density at radius 1 is 0.463 bits per heavy atom. The van der Waals surface area contributed by atoms with Crippen molar-refractivity contribution >= 4 is 60.5 Å². The molecule has 11 rings (SSSR count). The average molecular weight is 696 g/mol. The third kappa shape index (κ3) is 5.01. The van der Waals surface area contributed by atoms with Gasteiger partial charge in [0.25, 0.3) is 0 Å². The molecule has 10 aromatic rings. The zero-order valence-electron chi connectivity index (χ0n) is 29.2. The zero-order chi connectivity index (χ0) is 35.6. The second-order valence-electron chi connectivity index (χ2n) is 14.0. The van der Waals surface area contributed by atoms with Crippen LogP contribution in [0.3, 0.4) is 0 Å². The Kier molecular flexibility index (Phi) is 7.00. The summed E-state index contributed by atoms with van der Waals surface area (Å²) in [6.07, 6.45) is -0.524. The molecule has 2 N–H and O–H groups in total. The van der Waals surface area contributed by atoms with Crippen molar-refractivity contribution in [3.05, 3.63) is 193 Å². The molecule has 1 aliphatic heterocycles. The fourth-order valence-corrected chi connectivity index (χ4v) is 8.16. The number of aliphatic imine (C=N–C) groups is 1. The number of nitrogens with one attached hydrogen (secondary N) is 2. The fraction of sp³-hybridized carbons (Fsp3) is 0.0408. The van der Waals surface area contributed by atoms with Crippen LogP contribution in [0.5, 0.6) is 0 Å². The Labute approximate surface area is 311 Å². The van der Waals surface area contributed by atoms with Crippen LogP contribution in [-0.4, -0.2) is 5.84 Å². The molecular formula is C49H33N3O2. The van der Waals surface area contributed by atoms with E-state index in [-0.39, 0.29) is 12.3 Å². The molecule has 0 spiro atoms. The molecule has 2 aromatic heterocycles. The molecule has 0 bridgehead atoms. The number of fused-ring (bicyclic) bond motifs is 7. The summed E-state index contributed by atoms with van der Waals surface area (Å²) in [7, 11) is 0. The summed E-state index contributed by atoms with van der Waals surface area (Å²) in [5, 5.41) is 14.2. The lowest BCUT2D eigenvalue weighted by Gasteiger charge is -2.32. The van der Waals surface area contributed by atoms with Crippen LogP contribution in [-0.2, 0) is 0 Å². The summed E-state index contributed by atoms with van der Waals surface area (Å²) >= 11 is 0. The largest absolute Gasteiger partial charge is 0.455 e. The zero-order valence-corrected chi connectivity index (χ0v) is 29.2. The van der Waals surface area contributed by atoms with Gasteiger partial charge in [0.15, 0.2) is 0 Å². The molecule has 3 heterocycles. The van der Waals surface area contributed by atoms with Gasteiger partial charge >= 0.3 is 0 Å². The number of hydrogen-bond donors (Lipinski definition) is 2. The Bertz CT molecular complexity index is 3070. The maximum atomic E-state index is 6.77. The normalized spacial score (nSPS) is 16.0. The molecule has 8 aromatic carbocycles.